The second-order valence-electron chi connectivity index (χ2n) is 5.57. The molecule has 0 aliphatic carbocycles. The van der Waals surface area contributed by atoms with Crippen LogP contribution < -0.4 is 0 Å². The van der Waals surface area contributed by atoms with E-state index in [1.807, 2.05) is 44.2 Å². The summed E-state index contributed by atoms with van der Waals surface area (Å²) >= 11 is 0. The quantitative estimate of drug-likeness (QED) is 0.669. The van der Waals surface area contributed by atoms with Crippen molar-refractivity contribution in [1.82, 2.24) is 10.2 Å². The maximum absolute atomic E-state index is 12.4. The maximum atomic E-state index is 12.4. The molecule has 0 saturated carbocycles. The highest BCUT2D eigenvalue weighted by atomic mass is 16.6. The van der Waals surface area contributed by atoms with Crippen LogP contribution >= 0.6 is 0 Å². The molecule has 0 amide bonds. The Balaban J connectivity index is 1.77. The van der Waals surface area contributed by atoms with Crippen molar-refractivity contribution >= 4 is 5.97 Å². The van der Waals surface area contributed by atoms with E-state index in [0.717, 1.165) is 11.1 Å². The van der Waals surface area contributed by atoms with Crippen LogP contribution in [0.15, 0.2) is 39.2 Å². The summed E-state index contributed by atoms with van der Waals surface area (Å²) in [7, 11) is 0. The van der Waals surface area contributed by atoms with Crippen molar-refractivity contribution in [3.63, 3.8) is 0 Å². The van der Waals surface area contributed by atoms with Gasteiger partial charge < -0.3 is 13.6 Å². The summed E-state index contributed by atoms with van der Waals surface area (Å²) in [5.74, 6) is 1.42. The average molecular weight is 326 g/mol. The van der Waals surface area contributed by atoms with E-state index >= 15 is 0 Å². The van der Waals surface area contributed by atoms with E-state index in [1.165, 1.54) is 0 Å². The van der Waals surface area contributed by atoms with Crippen molar-refractivity contribution in [2.24, 2.45) is 0 Å². The molecular weight excluding hydrogens is 308 g/mol. The second-order valence-corrected chi connectivity index (χ2v) is 5.57. The Hall–Kier alpha value is -2.89. The average Bonchev–Trinajstić information content (AvgIpc) is 3.14. The second kappa shape index (κ2) is 6.31. The van der Waals surface area contributed by atoms with Gasteiger partial charge in [-0.15, -0.1) is 10.2 Å². The minimum absolute atomic E-state index is 0.248. The van der Waals surface area contributed by atoms with Gasteiger partial charge in [0.05, 0.1) is 0 Å². The van der Waals surface area contributed by atoms with Crippen LogP contribution in [0.1, 0.15) is 46.4 Å². The van der Waals surface area contributed by atoms with E-state index in [4.69, 9.17) is 13.6 Å². The molecule has 0 N–H and O–H groups in total. The first-order valence-electron chi connectivity index (χ1n) is 7.63. The molecule has 0 spiro atoms. The van der Waals surface area contributed by atoms with Crippen molar-refractivity contribution < 1.29 is 18.4 Å². The maximum Gasteiger partial charge on any atom is 0.342 e. The van der Waals surface area contributed by atoms with Gasteiger partial charge in [-0.3, -0.25) is 0 Å². The van der Waals surface area contributed by atoms with Crippen LogP contribution in [0.3, 0.4) is 0 Å². The number of nitrogens with zero attached hydrogens (tertiary/aromatic N) is 2. The first-order valence-corrected chi connectivity index (χ1v) is 7.63. The highest BCUT2D eigenvalue weighted by Gasteiger charge is 2.24. The fourth-order valence-electron chi connectivity index (χ4n) is 2.46. The van der Waals surface area contributed by atoms with Gasteiger partial charge in [0.25, 0.3) is 5.89 Å². The number of esters is 1. The summed E-state index contributed by atoms with van der Waals surface area (Å²) in [6.45, 7) is 7.07. The highest BCUT2D eigenvalue weighted by Crippen LogP contribution is 2.26. The molecule has 0 aliphatic heterocycles. The number of carbonyl (C=O) groups is 1. The van der Waals surface area contributed by atoms with Gasteiger partial charge in [0, 0.05) is 11.1 Å². The molecule has 1 atom stereocenters. The minimum Gasteiger partial charge on any atom is -0.465 e. The van der Waals surface area contributed by atoms with E-state index in [1.54, 1.807) is 13.8 Å². The van der Waals surface area contributed by atoms with E-state index in [-0.39, 0.29) is 5.89 Å². The number of furan rings is 1. The Labute approximate surface area is 139 Å². The predicted octanol–water partition coefficient (Wildman–Crippen LogP) is 4.17. The van der Waals surface area contributed by atoms with Gasteiger partial charge in [0.15, 0.2) is 6.10 Å². The monoisotopic (exact) mass is 326 g/mol. The van der Waals surface area contributed by atoms with Gasteiger partial charge in [-0.1, -0.05) is 18.2 Å². The lowest BCUT2D eigenvalue weighted by atomic mass is 10.1. The predicted molar refractivity (Wildman–Crippen MR) is 86.5 cm³/mol. The number of rotatable bonds is 4. The molecule has 124 valence electrons. The van der Waals surface area contributed by atoms with Crippen LogP contribution in [0.2, 0.25) is 0 Å². The smallest absolute Gasteiger partial charge is 0.342 e. The number of carbonyl (C=O) groups excluding carboxylic acids is 1. The highest BCUT2D eigenvalue weighted by molar-refractivity contribution is 5.92. The topological polar surface area (TPSA) is 78.4 Å². The van der Waals surface area contributed by atoms with Crippen LogP contribution in [0, 0.1) is 20.8 Å². The molecule has 1 aromatic carbocycles. The number of aromatic nitrogens is 2. The van der Waals surface area contributed by atoms with Crippen LogP contribution in [-0.4, -0.2) is 16.2 Å². The molecular formula is C18H18N2O4. The summed E-state index contributed by atoms with van der Waals surface area (Å²) in [4.78, 5) is 12.4. The molecule has 3 rings (SSSR count). The molecule has 6 heteroatoms. The number of benzene rings is 1. The van der Waals surface area contributed by atoms with Gasteiger partial charge in [0.1, 0.15) is 17.1 Å². The Morgan fingerprint density at radius 3 is 2.38 bits per heavy atom. The molecule has 2 heterocycles. The Morgan fingerprint density at radius 1 is 1.04 bits per heavy atom. The van der Waals surface area contributed by atoms with E-state index in [2.05, 4.69) is 10.2 Å². The molecule has 0 fully saturated rings. The summed E-state index contributed by atoms with van der Waals surface area (Å²) < 4.78 is 16.5. The number of hydrogen-bond acceptors (Lipinski definition) is 6. The molecule has 0 saturated heterocycles. The van der Waals surface area contributed by atoms with Crippen molar-refractivity contribution in [2.75, 3.05) is 0 Å². The summed E-state index contributed by atoms with van der Waals surface area (Å²) in [5.41, 5.74) is 2.04. The van der Waals surface area contributed by atoms with Crippen LogP contribution in [0.4, 0.5) is 0 Å². The molecule has 6 nitrogen and oxygen atoms in total. The number of aryl methyl sites for hydroxylation is 2. The summed E-state index contributed by atoms with van der Waals surface area (Å²) in [6.07, 6.45) is -0.656. The van der Waals surface area contributed by atoms with Gasteiger partial charge in [-0.2, -0.15) is 0 Å². The lowest BCUT2D eigenvalue weighted by Crippen LogP contribution is -2.11. The third-order valence-electron chi connectivity index (χ3n) is 3.86. The molecule has 24 heavy (non-hydrogen) atoms. The van der Waals surface area contributed by atoms with Gasteiger partial charge in [-0.05, 0) is 39.8 Å². The fourth-order valence-corrected chi connectivity index (χ4v) is 2.46. The molecule has 3 aromatic rings. The summed E-state index contributed by atoms with van der Waals surface area (Å²) in [5, 5.41) is 7.97. The van der Waals surface area contributed by atoms with E-state index in [9.17, 15) is 4.79 Å². The van der Waals surface area contributed by atoms with Gasteiger partial charge in [0.2, 0.25) is 5.89 Å². The summed E-state index contributed by atoms with van der Waals surface area (Å²) in [6, 6.07) is 9.41. The molecule has 0 aliphatic rings. The van der Waals surface area contributed by atoms with E-state index in [0.29, 0.717) is 23.0 Å². The normalized spacial score (nSPS) is 12.2. The van der Waals surface area contributed by atoms with Crippen molar-refractivity contribution in [3.8, 4) is 11.5 Å². The van der Waals surface area contributed by atoms with Crippen molar-refractivity contribution in [3.05, 3.63) is 58.9 Å². The van der Waals surface area contributed by atoms with Crippen LogP contribution in [0.25, 0.3) is 11.5 Å². The van der Waals surface area contributed by atoms with E-state index < -0.39 is 12.1 Å². The zero-order valence-corrected chi connectivity index (χ0v) is 14.0. The first-order chi connectivity index (χ1) is 11.5. The SMILES string of the molecule is Cc1oc(C)c(C(=O)OC(C)c2nnc(-c3ccccc3)o2)c1C. The zero-order chi connectivity index (χ0) is 17.3. The van der Waals surface area contributed by atoms with Crippen molar-refractivity contribution in [2.45, 2.75) is 33.8 Å². The molecule has 2 aromatic heterocycles. The Kier molecular flexibility index (Phi) is 4.20. The van der Waals surface area contributed by atoms with Crippen LogP contribution in [-0.2, 0) is 4.74 Å². The van der Waals surface area contributed by atoms with Gasteiger partial charge >= 0.3 is 5.97 Å². The lowest BCUT2D eigenvalue weighted by molar-refractivity contribution is 0.0277. The molecule has 1 unspecified atom stereocenters. The lowest BCUT2D eigenvalue weighted by Gasteiger charge is -2.09. The third-order valence-corrected chi connectivity index (χ3v) is 3.86. The van der Waals surface area contributed by atoms with Crippen molar-refractivity contribution in [1.29, 1.82) is 0 Å². The largest absolute Gasteiger partial charge is 0.465 e. The molecule has 0 radical (unpaired) electrons. The van der Waals surface area contributed by atoms with Crippen LogP contribution in [0.5, 0.6) is 0 Å². The Bertz CT molecular complexity index is 865. The fraction of sp³-hybridized carbons (Fsp3) is 0.278. The third kappa shape index (κ3) is 2.95. The zero-order valence-electron chi connectivity index (χ0n) is 14.0. The van der Waals surface area contributed by atoms with Gasteiger partial charge in [-0.25, -0.2) is 4.79 Å². The Morgan fingerprint density at radius 2 is 1.75 bits per heavy atom. The number of ether oxygens (including phenoxy) is 1. The number of hydrogen-bond donors (Lipinski definition) is 0. The molecule has 0 bridgehead atoms. The standard InChI is InChI=1S/C18H18N2O4/c1-10-11(2)22-12(3)15(10)18(21)23-13(4)16-19-20-17(24-16)14-8-6-5-7-9-14/h5-9,13H,1-4H3. The first kappa shape index (κ1) is 16.0. The minimum atomic E-state index is -0.656.